The van der Waals surface area contributed by atoms with Crippen molar-refractivity contribution in [1.82, 2.24) is 15.2 Å². The third kappa shape index (κ3) is 3.67. The Labute approximate surface area is 114 Å². The molecule has 1 aromatic heterocycles. The van der Waals surface area contributed by atoms with Crippen LogP contribution in [0.15, 0.2) is 18.3 Å². The second-order valence-electron chi connectivity index (χ2n) is 4.95. The lowest BCUT2D eigenvalue weighted by atomic mass is 9.96. The van der Waals surface area contributed by atoms with E-state index >= 15 is 0 Å². The molecule has 1 aliphatic heterocycles. The fraction of sp³-hybridized carbons (Fsp3) is 0.571. The van der Waals surface area contributed by atoms with Gasteiger partial charge in [0.2, 0.25) is 5.91 Å². The van der Waals surface area contributed by atoms with Gasteiger partial charge in [-0.2, -0.15) is 0 Å². The monoisotopic (exact) mass is 262 g/mol. The Bertz CT molecular complexity index is 427. The van der Waals surface area contributed by atoms with E-state index in [0.717, 1.165) is 43.9 Å². The van der Waals surface area contributed by atoms with E-state index < -0.39 is 0 Å². The van der Waals surface area contributed by atoms with Gasteiger partial charge < -0.3 is 10.6 Å². The van der Waals surface area contributed by atoms with Crippen LogP contribution in [-0.4, -0.2) is 43.0 Å². The highest BCUT2D eigenvalue weighted by atomic mass is 16.1. The summed E-state index contributed by atoms with van der Waals surface area (Å²) in [7, 11) is 3.62. The van der Waals surface area contributed by atoms with Crippen LogP contribution in [0.2, 0.25) is 0 Å². The number of hydrogen-bond donors (Lipinski definition) is 2. The molecule has 0 spiro atoms. The van der Waals surface area contributed by atoms with E-state index in [2.05, 4.69) is 26.6 Å². The zero-order chi connectivity index (χ0) is 13.7. The molecule has 1 saturated heterocycles. The largest absolute Gasteiger partial charge is 0.388 e. The van der Waals surface area contributed by atoms with Gasteiger partial charge in [-0.05, 0) is 38.1 Å². The molecule has 0 aliphatic carbocycles. The minimum Gasteiger partial charge on any atom is -0.388 e. The quantitative estimate of drug-likeness (QED) is 0.852. The number of nitrogens with one attached hydrogen (secondary N) is 2. The Morgan fingerprint density at radius 2 is 2.16 bits per heavy atom. The van der Waals surface area contributed by atoms with Crippen molar-refractivity contribution >= 4 is 11.6 Å². The molecule has 1 amide bonds. The van der Waals surface area contributed by atoms with E-state index in [1.165, 1.54) is 0 Å². The number of aromatic nitrogens is 1. The lowest BCUT2D eigenvalue weighted by Gasteiger charge is -2.30. The summed E-state index contributed by atoms with van der Waals surface area (Å²) in [4.78, 5) is 18.3. The lowest BCUT2D eigenvalue weighted by molar-refractivity contribution is -0.125. The normalized spacial score (nSPS) is 17.2. The van der Waals surface area contributed by atoms with E-state index in [1.54, 1.807) is 7.05 Å². The van der Waals surface area contributed by atoms with Crippen molar-refractivity contribution in [3.05, 3.63) is 24.0 Å². The van der Waals surface area contributed by atoms with Crippen molar-refractivity contribution in [3.8, 4) is 0 Å². The van der Waals surface area contributed by atoms with Crippen LogP contribution in [0, 0.1) is 5.92 Å². The number of hydrogen-bond acceptors (Lipinski definition) is 4. The Balaban J connectivity index is 1.86. The molecular formula is C14H22N4O. The molecule has 1 fully saturated rings. The average Bonchev–Trinajstić information content (AvgIpc) is 2.47. The van der Waals surface area contributed by atoms with Gasteiger partial charge in [-0.3, -0.25) is 14.7 Å². The first-order valence-electron chi connectivity index (χ1n) is 6.79. The van der Waals surface area contributed by atoms with Crippen molar-refractivity contribution in [2.24, 2.45) is 5.92 Å². The number of nitrogens with zero attached hydrogens (tertiary/aromatic N) is 2. The van der Waals surface area contributed by atoms with Crippen molar-refractivity contribution in [2.45, 2.75) is 19.4 Å². The number of anilines is 1. The number of pyridine rings is 1. The molecule has 1 aromatic rings. The van der Waals surface area contributed by atoms with Crippen LogP contribution in [0.25, 0.3) is 0 Å². The topological polar surface area (TPSA) is 57.3 Å². The van der Waals surface area contributed by atoms with E-state index in [4.69, 9.17) is 0 Å². The summed E-state index contributed by atoms with van der Waals surface area (Å²) >= 11 is 0. The fourth-order valence-electron chi connectivity index (χ4n) is 2.51. The average molecular weight is 262 g/mol. The summed E-state index contributed by atoms with van der Waals surface area (Å²) in [5, 5.41) is 5.86. The first-order valence-corrected chi connectivity index (χ1v) is 6.79. The maximum absolute atomic E-state index is 11.6. The van der Waals surface area contributed by atoms with Crippen LogP contribution >= 0.6 is 0 Å². The Hall–Kier alpha value is -1.62. The number of piperidine rings is 1. The lowest BCUT2D eigenvalue weighted by Crippen LogP contribution is -2.39. The predicted molar refractivity (Wildman–Crippen MR) is 75.9 cm³/mol. The van der Waals surface area contributed by atoms with Gasteiger partial charge in [0.25, 0.3) is 0 Å². The molecule has 104 valence electrons. The minimum atomic E-state index is 0.176. The SMILES string of the molecule is CNC(=O)C1CCN(Cc2cc(NC)ccn2)CC1. The summed E-state index contributed by atoms with van der Waals surface area (Å²) < 4.78 is 0. The Kier molecular flexibility index (Phi) is 4.74. The fourth-order valence-corrected chi connectivity index (χ4v) is 2.51. The van der Waals surface area contributed by atoms with Crippen molar-refractivity contribution in [3.63, 3.8) is 0 Å². The molecule has 19 heavy (non-hydrogen) atoms. The van der Waals surface area contributed by atoms with Gasteiger partial charge in [0, 0.05) is 38.4 Å². The second kappa shape index (κ2) is 6.52. The standard InChI is InChI=1S/C14H22N4O/c1-15-12-3-6-17-13(9-12)10-18-7-4-11(5-8-18)14(19)16-2/h3,6,9,11H,4-5,7-8,10H2,1-2H3,(H,15,17)(H,16,19). The van der Waals surface area contributed by atoms with Crippen LogP contribution < -0.4 is 10.6 Å². The second-order valence-corrected chi connectivity index (χ2v) is 4.95. The molecule has 0 bridgehead atoms. The molecule has 5 nitrogen and oxygen atoms in total. The van der Waals surface area contributed by atoms with E-state index in [1.807, 2.05) is 19.3 Å². The van der Waals surface area contributed by atoms with Gasteiger partial charge >= 0.3 is 0 Å². The van der Waals surface area contributed by atoms with Gasteiger partial charge in [-0.1, -0.05) is 0 Å². The third-order valence-corrected chi connectivity index (χ3v) is 3.70. The zero-order valence-corrected chi connectivity index (χ0v) is 11.6. The molecule has 2 N–H and O–H groups in total. The summed E-state index contributed by atoms with van der Waals surface area (Å²) in [6.45, 7) is 2.78. The minimum absolute atomic E-state index is 0.176. The van der Waals surface area contributed by atoms with Gasteiger partial charge in [0.05, 0.1) is 5.69 Å². The van der Waals surface area contributed by atoms with Crippen LogP contribution in [-0.2, 0) is 11.3 Å². The zero-order valence-electron chi connectivity index (χ0n) is 11.6. The number of rotatable bonds is 4. The van der Waals surface area contributed by atoms with Crippen LogP contribution in [0.3, 0.4) is 0 Å². The summed E-state index contributed by atoms with van der Waals surface area (Å²) in [5.74, 6) is 0.354. The number of carbonyl (C=O) groups excluding carboxylic acids is 1. The number of likely N-dealkylation sites (tertiary alicyclic amines) is 1. The van der Waals surface area contributed by atoms with Gasteiger partial charge in [0.15, 0.2) is 0 Å². The molecule has 2 heterocycles. The maximum atomic E-state index is 11.6. The highest BCUT2D eigenvalue weighted by Gasteiger charge is 2.24. The maximum Gasteiger partial charge on any atom is 0.222 e. The van der Waals surface area contributed by atoms with Gasteiger partial charge in [-0.25, -0.2) is 0 Å². The first-order chi connectivity index (χ1) is 9.22. The smallest absolute Gasteiger partial charge is 0.222 e. The van der Waals surface area contributed by atoms with Crippen LogP contribution in [0.4, 0.5) is 5.69 Å². The highest BCUT2D eigenvalue weighted by Crippen LogP contribution is 2.19. The molecule has 0 saturated carbocycles. The van der Waals surface area contributed by atoms with Crippen molar-refractivity contribution < 1.29 is 4.79 Å². The first kappa shape index (κ1) is 13.8. The van der Waals surface area contributed by atoms with Crippen LogP contribution in [0.1, 0.15) is 18.5 Å². The molecule has 0 aromatic carbocycles. The summed E-state index contributed by atoms with van der Waals surface area (Å²) in [6.07, 6.45) is 3.70. The molecule has 2 rings (SSSR count). The molecule has 0 unspecified atom stereocenters. The van der Waals surface area contributed by atoms with E-state index in [9.17, 15) is 4.79 Å². The highest BCUT2D eigenvalue weighted by molar-refractivity contribution is 5.78. The molecule has 5 heteroatoms. The third-order valence-electron chi connectivity index (χ3n) is 3.70. The molecule has 0 atom stereocenters. The Morgan fingerprint density at radius 3 is 2.79 bits per heavy atom. The summed E-state index contributed by atoms with van der Waals surface area (Å²) in [5.41, 5.74) is 2.16. The molecule has 0 radical (unpaired) electrons. The van der Waals surface area contributed by atoms with Crippen LogP contribution in [0.5, 0.6) is 0 Å². The van der Waals surface area contributed by atoms with Gasteiger partial charge in [-0.15, -0.1) is 0 Å². The van der Waals surface area contributed by atoms with Crippen molar-refractivity contribution in [2.75, 3.05) is 32.5 Å². The molecular weight excluding hydrogens is 240 g/mol. The Morgan fingerprint density at radius 1 is 1.42 bits per heavy atom. The summed E-state index contributed by atoms with van der Waals surface area (Å²) in [6, 6.07) is 4.03. The van der Waals surface area contributed by atoms with E-state index in [-0.39, 0.29) is 11.8 Å². The number of amides is 1. The molecule has 1 aliphatic rings. The number of carbonyl (C=O) groups is 1. The predicted octanol–water partition coefficient (Wildman–Crippen LogP) is 1.08. The van der Waals surface area contributed by atoms with Crippen molar-refractivity contribution in [1.29, 1.82) is 0 Å². The van der Waals surface area contributed by atoms with Gasteiger partial charge in [0.1, 0.15) is 0 Å². The van der Waals surface area contributed by atoms with E-state index in [0.29, 0.717) is 0 Å².